The van der Waals surface area contributed by atoms with E-state index in [4.69, 9.17) is 4.74 Å². The largest absolute Gasteiger partial charge is 0.495 e. The van der Waals surface area contributed by atoms with E-state index in [0.717, 1.165) is 27.2 Å². The molecule has 0 aliphatic carbocycles. The molecule has 0 heterocycles. The number of hydrogen-bond acceptors (Lipinski definition) is 3. The topological polar surface area (TPSA) is 32.7 Å². The van der Waals surface area contributed by atoms with Crippen LogP contribution in [0.15, 0.2) is 46.9 Å². The predicted molar refractivity (Wildman–Crippen MR) is 85.8 cm³/mol. The first-order valence-electron chi connectivity index (χ1n) is 6.39. The van der Waals surface area contributed by atoms with Gasteiger partial charge in [0, 0.05) is 11.5 Å². The second-order valence-corrected chi connectivity index (χ2v) is 5.47. The summed E-state index contributed by atoms with van der Waals surface area (Å²) in [6.07, 6.45) is -0.475. The van der Waals surface area contributed by atoms with E-state index in [2.05, 4.69) is 20.8 Å². The summed E-state index contributed by atoms with van der Waals surface area (Å²) in [4.78, 5) is 2.05. The zero-order valence-corrected chi connectivity index (χ0v) is 13.4. The summed E-state index contributed by atoms with van der Waals surface area (Å²) in [6.45, 7) is 1.76. The number of rotatable bonds is 4. The van der Waals surface area contributed by atoms with Crippen LogP contribution in [0.1, 0.15) is 18.6 Å². The van der Waals surface area contributed by atoms with Crippen LogP contribution in [0.25, 0.3) is 0 Å². The Morgan fingerprint density at radius 3 is 2.45 bits per heavy atom. The van der Waals surface area contributed by atoms with Crippen molar-refractivity contribution in [1.82, 2.24) is 0 Å². The maximum atomic E-state index is 9.62. The fourth-order valence-electron chi connectivity index (χ4n) is 2.09. The average molecular weight is 336 g/mol. The number of aliphatic hydroxyl groups excluding tert-OH is 1. The average Bonchev–Trinajstić information content (AvgIpc) is 2.46. The number of aliphatic hydroxyl groups is 1. The first-order chi connectivity index (χ1) is 9.54. The van der Waals surface area contributed by atoms with Gasteiger partial charge in [-0.15, -0.1) is 0 Å². The summed E-state index contributed by atoms with van der Waals surface area (Å²) in [7, 11) is 3.65. The van der Waals surface area contributed by atoms with Gasteiger partial charge < -0.3 is 14.7 Å². The van der Waals surface area contributed by atoms with Gasteiger partial charge in [0.15, 0.2) is 0 Å². The highest BCUT2D eigenvalue weighted by atomic mass is 79.9. The highest BCUT2D eigenvalue weighted by Gasteiger charge is 2.13. The molecule has 2 aromatic carbocycles. The van der Waals surface area contributed by atoms with Crippen LogP contribution in [0.4, 0.5) is 11.4 Å². The first kappa shape index (κ1) is 14.9. The highest BCUT2D eigenvalue weighted by Crippen LogP contribution is 2.36. The summed E-state index contributed by atoms with van der Waals surface area (Å²) in [5.41, 5.74) is 2.88. The van der Waals surface area contributed by atoms with E-state index in [-0.39, 0.29) is 0 Å². The lowest BCUT2D eigenvalue weighted by molar-refractivity contribution is 0.199. The molecule has 0 spiro atoms. The monoisotopic (exact) mass is 335 g/mol. The molecule has 0 bridgehead atoms. The van der Waals surface area contributed by atoms with Gasteiger partial charge in [-0.05, 0) is 52.7 Å². The van der Waals surface area contributed by atoms with E-state index in [0.29, 0.717) is 0 Å². The van der Waals surface area contributed by atoms with Crippen molar-refractivity contribution in [3.8, 4) is 5.75 Å². The van der Waals surface area contributed by atoms with Crippen LogP contribution >= 0.6 is 15.9 Å². The smallest absolute Gasteiger partial charge is 0.142 e. The molecule has 1 atom stereocenters. The number of hydrogen-bond donors (Lipinski definition) is 1. The van der Waals surface area contributed by atoms with E-state index in [9.17, 15) is 5.11 Å². The lowest BCUT2D eigenvalue weighted by Crippen LogP contribution is -2.11. The van der Waals surface area contributed by atoms with Crippen molar-refractivity contribution < 1.29 is 9.84 Å². The molecule has 0 aliphatic rings. The molecule has 3 nitrogen and oxygen atoms in total. The molecule has 4 heteroatoms. The van der Waals surface area contributed by atoms with Gasteiger partial charge in [-0.3, -0.25) is 0 Å². The number of anilines is 2. The van der Waals surface area contributed by atoms with Gasteiger partial charge in [-0.1, -0.05) is 18.2 Å². The van der Waals surface area contributed by atoms with Gasteiger partial charge in [0.05, 0.1) is 24.6 Å². The fourth-order valence-corrected chi connectivity index (χ4v) is 2.75. The Morgan fingerprint density at radius 1 is 1.15 bits per heavy atom. The maximum absolute atomic E-state index is 9.62. The minimum atomic E-state index is -0.475. The van der Waals surface area contributed by atoms with E-state index >= 15 is 0 Å². The molecule has 0 radical (unpaired) electrons. The molecule has 0 aliphatic heterocycles. The Morgan fingerprint density at radius 2 is 1.85 bits per heavy atom. The molecule has 106 valence electrons. The molecule has 0 aromatic heterocycles. The third-order valence-electron chi connectivity index (χ3n) is 3.26. The van der Waals surface area contributed by atoms with Crippen molar-refractivity contribution in [1.29, 1.82) is 0 Å². The second kappa shape index (κ2) is 6.29. The number of nitrogens with zero attached hydrogens (tertiary/aromatic N) is 1. The maximum Gasteiger partial charge on any atom is 0.142 e. The van der Waals surface area contributed by atoms with Crippen molar-refractivity contribution in [2.45, 2.75) is 13.0 Å². The van der Waals surface area contributed by atoms with E-state index in [1.54, 1.807) is 14.0 Å². The number of benzene rings is 2. The number of halogens is 1. The molecule has 0 unspecified atom stereocenters. The summed E-state index contributed by atoms with van der Waals surface area (Å²) in [5, 5.41) is 9.62. The lowest BCUT2D eigenvalue weighted by Gasteiger charge is -2.23. The van der Waals surface area contributed by atoms with Crippen LogP contribution in [0.5, 0.6) is 5.75 Å². The summed E-state index contributed by atoms with van der Waals surface area (Å²) in [5.74, 6) is 0.821. The Balaban J connectivity index is 2.40. The van der Waals surface area contributed by atoms with E-state index in [1.165, 1.54) is 0 Å². The lowest BCUT2D eigenvalue weighted by atomic mass is 10.1. The van der Waals surface area contributed by atoms with Gasteiger partial charge in [0.1, 0.15) is 5.75 Å². The van der Waals surface area contributed by atoms with Crippen molar-refractivity contribution in [2.24, 2.45) is 0 Å². The van der Waals surface area contributed by atoms with Crippen LogP contribution in [-0.4, -0.2) is 19.3 Å². The van der Waals surface area contributed by atoms with Gasteiger partial charge in [-0.25, -0.2) is 0 Å². The summed E-state index contributed by atoms with van der Waals surface area (Å²) >= 11 is 3.57. The molecule has 0 fully saturated rings. The van der Waals surface area contributed by atoms with Crippen molar-refractivity contribution >= 4 is 27.3 Å². The van der Waals surface area contributed by atoms with Gasteiger partial charge >= 0.3 is 0 Å². The quantitative estimate of drug-likeness (QED) is 0.905. The molecule has 0 saturated carbocycles. The van der Waals surface area contributed by atoms with Crippen molar-refractivity contribution in [3.05, 3.63) is 52.5 Å². The normalized spacial score (nSPS) is 12.1. The van der Waals surface area contributed by atoms with Crippen molar-refractivity contribution in [3.63, 3.8) is 0 Å². The van der Waals surface area contributed by atoms with Crippen LogP contribution in [0.3, 0.4) is 0 Å². The minimum Gasteiger partial charge on any atom is -0.495 e. The molecule has 0 amide bonds. The second-order valence-electron chi connectivity index (χ2n) is 4.62. The molecule has 1 N–H and O–H groups in total. The number of methoxy groups -OCH3 is 1. The molecule has 2 aromatic rings. The first-order valence-corrected chi connectivity index (χ1v) is 7.18. The third-order valence-corrected chi connectivity index (χ3v) is 3.90. The summed E-state index contributed by atoms with van der Waals surface area (Å²) in [6, 6.07) is 13.7. The van der Waals surface area contributed by atoms with Crippen molar-refractivity contribution in [2.75, 3.05) is 19.1 Å². The molecule has 2 rings (SSSR count). The van der Waals surface area contributed by atoms with Gasteiger partial charge in [0.2, 0.25) is 0 Å². The Labute approximate surface area is 127 Å². The Kier molecular flexibility index (Phi) is 4.68. The Hall–Kier alpha value is -1.52. The van der Waals surface area contributed by atoms with Crippen LogP contribution < -0.4 is 9.64 Å². The van der Waals surface area contributed by atoms with Gasteiger partial charge in [0.25, 0.3) is 0 Å². The number of para-hydroxylation sites is 2. The van der Waals surface area contributed by atoms with E-state index < -0.39 is 6.10 Å². The third kappa shape index (κ3) is 2.97. The zero-order chi connectivity index (χ0) is 14.7. The molecule has 0 saturated heterocycles. The minimum absolute atomic E-state index is 0.475. The van der Waals surface area contributed by atoms with Crippen LogP contribution in [0.2, 0.25) is 0 Å². The fraction of sp³-hybridized carbons (Fsp3) is 0.250. The predicted octanol–water partition coefficient (Wildman–Crippen LogP) is 4.28. The number of ether oxygens (including phenoxy) is 1. The van der Waals surface area contributed by atoms with Crippen LogP contribution in [0, 0.1) is 0 Å². The Bertz CT molecular complexity index is 599. The standard InChI is InChI=1S/C16H18BrNO2/c1-11(19)12-8-9-14(13(17)10-12)18(2)15-6-4-5-7-16(15)20-3/h4-11,19H,1-3H3/t11-/m1/s1. The molecular weight excluding hydrogens is 318 g/mol. The van der Waals surface area contributed by atoms with Crippen LogP contribution in [-0.2, 0) is 0 Å². The highest BCUT2D eigenvalue weighted by molar-refractivity contribution is 9.10. The molecule has 20 heavy (non-hydrogen) atoms. The molecular formula is C16H18BrNO2. The van der Waals surface area contributed by atoms with E-state index in [1.807, 2.05) is 49.5 Å². The SMILES string of the molecule is COc1ccccc1N(C)c1ccc([C@@H](C)O)cc1Br. The zero-order valence-electron chi connectivity index (χ0n) is 11.8. The summed E-state index contributed by atoms with van der Waals surface area (Å²) < 4.78 is 6.33. The van der Waals surface area contributed by atoms with Gasteiger partial charge in [-0.2, -0.15) is 0 Å².